The molecular weight excluding hydrogens is 610 g/mol. The second-order valence-electron chi connectivity index (χ2n) is 12.8. The van der Waals surface area contributed by atoms with E-state index in [1.54, 1.807) is 82.5 Å². The number of likely N-dealkylation sites (N-methyl/N-ethyl adjacent to an activating group) is 2. The lowest BCUT2D eigenvalue weighted by Crippen LogP contribution is -2.38. The normalized spacial score (nSPS) is 16.1. The van der Waals surface area contributed by atoms with Gasteiger partial charge in [-0.15, -0.1) is 0 Å². The summed E-state index contributed by atoms with van der Waals surface area (Å²) in [5, 5.41) is 0. The van der Waals surface area contributed by atoms with E-state index in [0.717, 1.165) is 16.9 Å². The average molecular weight is 647 g/mol. The third-order valence-corrected chi connectivity index (χ3v) is 8.40. The molecule has 0 N–H and O–H groups in total. The Hall–Kier alpha value is -5.74. The van der Waals surface area contributed by atoms with Crippen LogP contribution in [0.3, 0.4) is 0 Å². The number of rotatable bonds is 2. The fraction of sp³-hybridized carbons (Fsp3) is 0.263. The van der Waals surface area contributed by atoms with Crippen molar-refractivity contribution in [2.24, 2.45) is 0 Å². The van der Waals surface area contributed by atoms with Crippen LogP contribution in [0, 0.1) is 35.3 Å². The molecule has 0 saturated carbocycles. The highest BCUT2D eigenvalue weighted by molar-refractivity contribution is 5.95. The first-order valence-electron chi connectivity index (χ1n) is 15.3. The summed E-state index contributed by atoms with van der Waals surface area (Å²) in [4.78, 5) is 40.1. The molecule has 0 atom stereocenters. The largest absolute Gasteiger partial charge is 0.324 e. The first kappa shape index (κ1) is 33.6. The summed E-state index contributed by atoms with van der Waals surface area (Å²) in [5.74, 6) is 11.1. The molecule has 244 valence electrons. The molecule has 2 aliphatic rings. The number of anilines is 2. The molecule has 8 nitrogen and oxygen atoms in total. The number of pyridine rings is 2. The van der Waals surface area contributed by atoms with Crippen LogP contribution in [0.2, 0.25) is 0 Å². The molecule has 2 aromatic carbocycles. The van der Waals surface area contributed by atoms with Gasteiger partial charge in [0.2, 0.25) is 0 Å². The van der Waals surface area contributed by atoms with Crippen LogP contribution in [0.5, 0.6) is 0 Å². The fourth-order valence-electron chi connectivity index (χ4n) is 5.02. The Morgan fingerprint density at radius 1 is 0.604 bits per heavy atom. The van der Waals surface area contributed by atoms with Gasteiger partial charge in [-0.2, -0.15) is 0 Å². The number of benzene rings is 2. The molecule has 2 aliphatic heterocycles. The first-order chi connectivity index (χ1) is 22.7. The lowest BCUT2D eigenvalue weighted by Gasteiger charge is -2.24. The van der Waals surface area contributed by atoms with E-state index in [9.17, 15) is 18.4 Å². The van der Waals surface area contributed by atoms with Gasteiger partial charge in [0.25, 0.3) is 0 Å². The Bertz CT molecular complexity index is 1940. The summed E-state index contributed by atoms with van der Waals surface area (Å²) >= 11 is 0. The van der Waals surface area contributed by atoms with Crippen LogP contribution in [-0.4, -0.2) is 70.1 Å². The van der Waals surface area contributed by atoms with Crippen LogP contribution in [0.25, 0.3) is 0 Å². The van der Waals surface area contributed by atoms with E-state index in [0.29, 0.717) is 30.0 Å². The van der Waals surface area contributed by atoms with E-state index in [-0.39, 0.29) is 34.8 Å². The van der Waals surface area contributed by atoms with Crippen LogP contribution in [0.4, 0.5) is 29.7 Å². The molecular formula is C38H36F2N6O2. The van der Waals surface area contributed by atoms with Crippen LogP contribution in [0.15, 0.2) is 85.2 Å². The number of carbonyl (C=O) groups is 2. The predicted molar refractivity (Wildman–Crippen MR) is 182 cm³/mol. The molecule has 4 heterocycles. The fourth-order valence-corrected chi connectivity index (χ4v) is 5.02. The zero-order chi connectivity index (χ0) is 34.6. The molecule has 2 saturated heterocycles. The highest BCUT2D eigenvalue weighted by Gasteiger charge is 2.42. The summed E-state index contributed by atoms with van der Waals surface area (Å²) < 4.78 is 26.0. The molecule has 0 bridgehead atoms. The number of amides is 4. The monoisotopic (exact) mass is 646 g/mol. The van der Waals surface area contributed by atoms with Crippen molar-refractivity contribution in [2.75, 3.05) is 37.0 Å². The Balaban J connectivity index is 0.000000188. The van der Waals surface area contributed by atoms with Gasteiger partial charge in [-0.05, 0) is 106 Å². The lowest BCUT2D eigenvalue weighted by molar-refractivity contribution is 0.197. The molecule has 2 aromatic heterocycles. The van der Waals surface area contributed by atoms with Crippen molar-refractivity contribution in [1.29, 1.82) is 0 Å². The van der Waals surface area contributed by atoms with Crippen molar-refractivity contribution < 1.29 is 18.4 Å². The topological polar surface area (TPSA) is 72.9 Å². The molecule has 2 fully saturated rings. The van der Waals surface area contributed by atoms with E-state index in [1.165, 1.54) is 24.3 Å². The molecule has 4 aromatic rings. The molecule has 48 heavy (non-hydrogen) atoms. The number of carbonyl (C=O) groups excluding carboxylic acids is 2. The smallest absolute Gasteiger partial charge is 0.320 e. The molecule has 0 unspecified atom stereocenters. The Morgan fingerprint density at radius 2 is 1.08 bits per heavy atom. The standard InChI is InChI=1S/2C19H18FN3O/c1-19(2)13-23(18(24)22(19)3)17-11-10-16(21-12-17)9-6-14-4-7-15(20)8-5-14;1-19(2)13-23(18(24)22(19)3)17-10-9-16(21-12-17)8-7-14-5-4-6-15(20)11-14/h4-5,7-8,10-12H,13H2,1-3H3;4-6,9-12H,13H2,1-3H3. The number of nitrogens with zero attached hydrogens (tertiary/aromatic N) is 6. The van der Waals surface area contributed by atoms with Crippen molar-refractivity contribution in [3.8, 4) is 23.7 Å². The van der Waals surface area contributed by atoms with Crippen LogP contribution in [0.1, 0.15) is 50.2 Å². The van der Waals surface area contributed by atoms with E-state index < -0.39 is 0 Å². The van der Waals surface area contributed by atoms with Crippen molar-refractivity contribution in [3.63, 3.8) is 0 Å². The number of aromatic nitrogens is 2. The van der Waals surface area contributed by atoms with Crippen molar-refractivity contribution in [2.45, 2.75) is 38.8 Å². The highest BCUT2D eigenvalue weighted by atomic mass is 19.1. The zero-order valence-corrected chi connectivity index (χ0v) is 27.8. The Kier molecular flexibility index (Phi) is 9.49. The van der Waals surface area contributed by atoms with Crippen molar-refractivity contribution in [1.82, 2.24) is 19.8 Å². The average Bonchev–Trinajstić information content (AvgIpc) is 3.41. The van der Waals surface area contributed by atoms with E-state index in [1.807, 2.05) is 39.8 Å². The van der Waals surface area contributed by atoms with Gasteiger partial charge in [-0.1, -0.05) is 17.9 Å². The van der Waals surface area contributed by atoms with Gasteiger partial charge >= 0.3 is 12.1 Å². The molecule has 4 amide bonds. The zero-order valence-electron chi connectivity index (χ0n) is 27.8. The van der Waals surface area contributed by atoms with Crippen LogP contribution < -0.4 is 9.80 Å². The van der Waals surface area contributed by atoms with Gasteiger partial charge in [0, 0.05) is 25.2 Å². The summed E-state index contributed by atoms with van der Waals surface area (Å²) in [7, 11) is 3.60. The van der Waals surface area contributed by atoms with Crippen molar-refractivity contribution >= 4 is 23.4 Å². The van der Waals surface area contributed by atoms with Gasteiger partial charge < -0.3 is 9.80 Å². The lowest BCUT2D eigenvalue weighted by atomic mass is 10.1. The third kappa shape index (κ3) is 7.62. The van der Waals surface area contributed by atoms with Gasteiger partial charge in [-0.3, -0.25) is 9.80 Å². The maximum absolute atomic E-state index is 13.1. The summed E-state index contributed by atoms with van der Waals surface area (Å²) in [6.45, 7) is 9.33. The summed E-state index contributed by atoms with van der Waals surface area (Å²) in [6.07, 6.45) is 3.30. The molecule has 6 rings (SSSR count). The number of halogens is 2. The SMILES string of the molecule is CN1C(=O)N(c2ccc(C#Cc3ccc(F)cc3)nc2)CC1(C)C.CN1C(=O)N(c2ccc(C#Cc3cccc(F)c3)nc2)CC1(C)C. The predicted octanol–water partition coefficient (Wildman–Crippen LogP) is 6.54. The van der Waals surface area contributed by atoms with Gasteiger partial charge in [0.1, 0.15) is 23.0 Å². The van der Waals surface area contributed by atoms with E-state index >= 15 is 0 Å². The maximum atomic E-state index is 13.1. The molecule has 10 heteroatoms. The number of hydrogen-bond donors (Lipinski definition) is 0. The summed E-state index contributed by atoms with van der Waals surface area (Å²) in [6, 6.07) is 19.2. The minimum absolute atomic E-state index is 0.0352. The Morgan fingerprint density at radius 3 is 1.48 bits per heavy atom. The van der Waals surface area contributed by atoms with E-state index in [2.05, 4.69) is 33.6 Å². The first-order valence-corrected chi connectivity index (χ1v) is 15.3. The Labute approximate surface area is 280 Å². The van der Waals surface area contributed by atoms with Crippen molar-refractivity contribution in [3.05, 3.63) is 119 Å². The third-order valence-electron chi connectivity index (χ3n) is 8.40. The quantitative estimate of drug-likeness (QED) is 0.232. The van der Waals surface area contributed by atoms with Crippen LogP contribution >= 0.6 is 0 Å². The van der Waals surface area contributed by atoms with E-state index in [4.69, 9.17) is 0 Å². The number of urea groups is 2. The minimum Gasteiger partial charge on any atom is -0.320 e. The minimum atomic E-state index is -0.315. The number of hydrogen-bond acceptors (Lipinski definition) is 4. The van der Waals surface area contributed by atoms with Crippen LogP contribution in [-0.2, 0) is 0 Å². The van der Waals surface area contributed by atoms with Gasteiger partial charge in [0.05, 0.1) is 47.9 Å². The maximum Gasteiger partial charge on any atom is 0.324 e. The molecule has 0 spiro atoms. The second-order valence-corrected chi connectivity index (χ2v) is 12.8. The molecule has 0 radical (unpaired) electrons. The summed E-state index contributed by atoms with van der Waals surface area (Å²) in [5.41, 5.74) is 3.56. The van der Waals surface area contributed by atoms with Gasteiger partial charge in [-0.25, -0.2) is 28.3 Å². The molecule has 0 aliphatic carbocycles. The highest BCUT2D eigenvalue weighted by Crippen LogP contribution is 2.29. The second kappa shape index (κ2) is 13.5. The van der Waals surface area contributed by atoms with Gasteiger partial charge in [0.15, 0.2) is 0 Å².